The van der Waals surface area contributed by atoms with Crippen molar-refractivity contribution >= 4 is 17.9 Å². The number of alkyl carbamates (subject to hydrolysis) is 1. The molecule has 1 aliphatic rings. The topological polar surface area (TPSA) is 108 Å². The number of hydrogen-bond acceptors (Lipinski definition) is 5. The van der Waals surface area contributed by atoms with Crippen molar-refractivity contribution in [3.05, 3.63) is 29.3 Å². The zero-order chi connectivity index (χ0) is 27.0. The molecule has 0 radical (unpaired) electrons. The average molecular weight is 504 g/mol. The number of likely N-dealkylation sites (N-methyl/N-ethyl adjacent to an activating group) is 1. The van der Waals surface area contributed by atoms with Gasteiger partial charge in [0.25, 0.3) is 0 Å². The minimum absolute atomic E-state index is 0.00673. The molecule has 0 saturated heterocycles. The summed E-state index contributed by atoms with van der Waals surface area (Å²) in [7, 11) is 0. The number of rotatable bonds is 9. The number of para-hydroxylation sites is 1. The van der Waals surface area contributed by atoms with Gasteiger partial charge in [0.2, 0.25) is 11.8 Å². The Balaban J connectivity index is 2.45. The molecule has 3 amide bonds. The van der Waals surface area contributed by atoms with Gasteiger partial charge in [-0.3, -0.25) is 9.59 Å². The zero-order valence-electron chi connectivity index (χ0n) is 23.0. The number of hydrogen-bond donors (Lipinski definition) is 3. The third-order valence-electron chi connectivity index (χ3n) is 6.85. The van der Waals surface area contributed by atoms with Crippen molar-refractivity contribution in [1.29, 1.82) is 0 Å². The van der Waals surface area contributed by atoms with Crippen molar-refractivity contribution in [2.75, 3.05) is 6.54 Å². The van der Waals surface area contributed by atoms with Gasteiger partial charge in [0, 0.05) is 18.2 Å². The molecular weight excluding hydrogens is 458 g/mol. The van der Waals surface area contributed by atoms with Crippen molar-refractivity contribution in [3.63, 3.8) is 0 Å². The second-order valence-corrected chi connectivity index (χ2v) is 10.9. The number of benzene rings is 1. The van der Waals surface area contributed by atoms with E-state index in [-0.39, 0.29) is 36.1 Å². The number of amides is 3. The zero-order valence-corrected chi connectivity index (χ0v) is 23.0. The fraction of sp³-hybridized carbons (Fsp3) is 0.679. The van der Waals surface area contributed by atoms with Crippen molar-refractivity contribution in [2.45, 2.75) is 111 Å². The summed E-state index contributed by atoms with van der Waals surface area (Å²) in [6, 6.07) is 3.34. The highest BCUT2D eigenvalue weighted by Gasteiger charge is 2.39. The fourth-order valence-corrected chi connectivity index (χ4v) is 4.64. The fourth-order valence-electron chi connectivity index (χ4n) is 4.64. The third kappa shape index (κ3) is 7.87. The Morgan fingerprint density at radius 1 is 1.14 bits per heavy atom. The number of carbonyl (C=O) groups excluding carboxylic acids is 3. The van der Waals surface area contributed by atoms with Gasteiger partial charge in [-0.2, -0.15) is 0 Å². The van der Waals surface area contributed by atoms with Crippen molar-refractivity contribution < 1.29 is 24.2 Å². The lowest BCUT2D eigenvalue weighted by Gasteiger charge is -2.36. The van der Waals surface area contributed by atoms with E-state index < -0.39 is 23.8 Å². The Morgan fingerprint density at radius 3 is 2.33 bits per heavy atom. The van der Waals surface area contributed by atoms with E-state index in [2.05, 4.69) is 10.6 Å². The van der Waals surface area contributed by atoms with Crippen molar-refractivity contribution in [1.82, 2.24) is 15.5 Å². The summed E-state index contributed by atoms with van der Waals surface area (Å²) in [5.41, 5.74) is 0.281. The molecule has 1 saturated carbocycles. The molecule has 0 aromatic heterocycles. The number of phenols is 1. The van der Waals surface area contributed by atoms with E-state index in [1.54, 1.807) is 52.8 Å². The summed E-state index contributed by atoms with van der Waals surface area (Å²) < 4.78 is 5.41. The first-order valence-electron chi connectivity index (χ1n) is 13.3. The largest absolute Gasteiger partial charge is 0.507 e. The molecule has 3 N–H and O–H groups in total. The highest BCUT2D eigenvalue weighted by atomic mass is 16.6. The molecule has 8 heteroatoms. The maximum Gasteiger partial charge on any atom is 0.408 e. The van der Waals surface area contributed by atoms with Crippen LogP contribution >= 0.6 is 0 Å². The molecule has 0 heterocycles. The first-order valence-corrected chi connectivity index (χ1v) is 13.3. The second kappa shape index (κ2) is 13.0. The van der Waals surface area contributed by atoms with Gasteiger partial charge in [-0.15, -0.1) is 0 Å². The molecule has 3 unspecified atom stereocenters. The molecule has 8 nitrogen and oxygen atoms in total. The standard InChI is InChI=1S/C28H45N3O5/c1-8-18(3)22(30-27(35)36-28(5,6)7)26(34)31(9-2)23(21-17-13-14-19(4)24(21)32)25(33)29-20-15-11-10-12-16-20/h13-14,17-18,20,22-23,32H,8-12,15-16H2,1-7H3,(H,29,33)(H,30,35). The number of aromatic hydroxyl groups is 1. The van der Waals surface area contributed by atoms with Crippen LogP contribution in [0.3, 0.4) is 0 Å². The average Bonchev–Trinajstić information content (AvgIpc) is 2.81. The molecule has 0 spiro atoms. The number of aryl methyl sites for hydroxylation is 1. The highest BCUT2D eigenvalue weighted by Crippen LogP contribution is 2.33. The molecule has 2 rings (SSSR count). The van der Waals surface area contributed by atoms with Crippen LogP contribution in [0, 0.1) is 12.8 Å². The lowest BCUT2D eigenvalue weighted by molar-refractivity contribution is -0.143. The molecule has 1 aliphatic carbocycles. The monoisotopic (exact) mass is 503 g/mol. The molecule has 0 bridgehead atoms. The number of nitrogens with zero attached hydrogens (tertiary/aromatic N) is 1. The van der Waals surface area contributed by atoms with Crippen LogP contribution in [0.4, 0.5) is 4.79 Å². The van der Waals surface area contributed by atoms with Crippen LogP contribution in [-0.4, -0.2) is 52.1 Å². The summed E-state index contributed by atoms with van der Waals surface area (Å²) in [6.07, 6.45) is 5.01. The summed E-state index contributed by atoms with van der Waals surface area (Å²) in [4.78, 5) is 41.8. The van der Waals surface area contributed by atoms with Crippen LogP contribution in [0.2, 0.25) is 0 Å². The lowest BCUT2D eigenvalue weighted by atomic mass is 9.93. The molecule has 1 aromatic carbocycles. The van der Waals surface area contributed by atoms with Crippen LogP contribution in [-0.2, 0) is 14.3 Å². The van der Waals surface area contributed by atoms with Gasteiger partial charge >= 0.3 is 6.09 Å². The summed E-state index contributed by atoms with van der Waals surface area (Å²) in [5.74, 6) is -0.916. The quantitative estimate of drug-likeness (QED) is 0.441. The Hall–Kier alpha value is -2.77. The van der Waals surface area contributed by atoms with Crippen LogP contribution < -0.4 is 10.6 Å². The van der Waals surface area contributed by atoms with Gasteiger partial charge in [-0.1, -0.05) is 57.7 Å². The molecule has 36 heavy (non-hydrogen) atoms. The minimum atomic E-state index is -1.03. The SMILES string of the molecule is CCC(C)C(NC(=O)OC(C)(C)C)C(=O)N(CC)C(C(=O)NC1CCCCC1)c1cccc(C)c1O. The molecule has 1 aromatic rings. The van der Waals surface area contributed by atoms with Crippen LogP contribution in [0.15, 0.2) is 18.2 Å². The van der Waals surface area contributed by atoms with Gasteiger partial charge in [0.05, 0.1) is 0 Å². The van der Waals surface area contributed by atoms with E-state index in [0.717, 1.165) is 32.1 Å². The van der Waals surface area contributed by atoms with E-state index >= 15 is 0 Å². The van der Waals surface area contributed by atoms with Crippen molar-refractivity contribution in [3.8, 4) is 5.75 Å². The lowest BCUT2D eigenvalue weighted by Crippen LogP contribution is -2.55. The summed E-state index contributed by atoms with van der Waals surface area (Å²) in [6.45, 7) is 12.9. The van der Waals surface area contributed by atoms with Gasteiger partial charge in [0.15, 0.2) is 0 Å². The van der Waals surface area contributed by atoms with Gasteiger partial charge < -0.3 is 25.4 Å². The maximum atomic E-state index is 14.0. The predicted octanol–water partition coefficient (Wildman–Crippen LogP) is 4.98. The number of carbonyl (C=O) groups is 3. The Morgan fingerprint density at radius 2 is 1.78 bits per heavy atom. The van der Waals surface area contributed by atoms with E-state index in [1.165, 1.54) is 4.90 Å². The number of nitrogens with one attached hydrogen (secondary N) is 2. The highest BCUT2D eigenvalue weighted by molar-refractivity contribution is 5.92. The predicted molar refractivity (Wildman–Crippen MR) is 141 cm³/mol. The normalized spacial score (nSPS) is 17.0. The van der Waals surface area contributed by atoms with E-state index in [4.69, 9.17) is 4.74 Å². The van der Waals surface area contributed by atoms with E-state index in [9.17, 15) is 19.5 Å². The smallest absolute Gasteiger partial charge is 0.408 e. The summed E-state index contributed by atoms with van der Waals surface area (Å²) in [5, 5.41) is 16.8. The van der Waals surface area contributed by atoms with Gasteiger partial charge in [-0.25, -0.2) is 4.79 Å². The third-order valence-corrected chi connectivity index (χ3v) is 6.85. The molecule has 0 aliphatic heterocycles. The molecule has 202 valence electrons. The van der Waals surface area contributed by atoms with E-state index in [0.29, 0.717) is 17.5 Å². The second-order valence-electron chi connectivity index (χ2n) is 10.9. The van der Waals surface area contributed by atoms with Crippen LogP contribution in [0.5, 0.6) is 5.75 Å². The van der Waals surface area contributed by atoms with Crippen molar-refractivity contribution in [2.24, 2.45) is 5.92 Å². The Bertz CT molecular complexity index is 905. The minimum Gasteiger partial charge on any atom is -0.507 e. The maximum absolute atomic E-state index is 14.0. The van der Waals surface area contributed by atoms with Crippen LogP contribution in [0.1, 0.15) is 97.2 Å². The molecular formula is C28H45N3O5. The molecule has 1 fully saturated rings. The molecule has 3 atom stereocenters. The van der Waals surface area contributed by atoms with Gasteiger partial charge in [-0.05, 0) is 58.9 Å². The van der Waals surface area contributed by atoms with Crippen LogP contribution in [0.25, 0.3) is 0 Å². The number of ether oxygens (including phenoxy) is 1. The van der Waals surface area contributed by atoms with Gasteiger partial charge in [0.1, 0.15) is 23.4 Å². The Kier molecular flexibility index (Phi) is 10.6. The summed E-state index contributed by atoms with van der Waals surface area (Å²) >= 11 is 0. The first-order chi connectivity index (χ1) is 16.9. The number of phenolic OH excluding ortho intramolecular Hbond substituents is 1. The first kappa shape index (κ1) is 29.5. The van der Waals surface area contributed by atoms with E-state index in [1.807, 2.05) is 13.8 Å². The Labute approximate surface area is 216 Å².